The predicted molar refractivity (Wildman–Crippen MR) is 75.1 cm³/mol. The molecule has 4 N–H and O–H groups in total. The standard InChI is InChI=1S/C14H16N2O4/c15-4-1-5-20-11-3-2-9-6-10(7-13(17)18)14(19)16-12(9)8-11/h2-3,6,8H,1,4-5,7,15H2,(H,16,19)(H,17,18). The molecule has 20 heavy (non-hydrogen) atoms. The number of carboxylic acids is 1. The maximum atomic E-state index is 11.8. The summed E-state index contributed by atoms with van der Waals surface area (Å²) < 4.78 is 5.49. The Labute approximate surface area is 115 Å². The summed E-state index contributed by atoms with van der Waals surface area (Å²) in [5, 5.41) is 9.52. The number of pyridine rings is 1. The number of H-pyrrole nitrogens is 1. The number of aliphatic carboxylic acids is 1. The first-order valence-electron chi connectivity index (χ1n) is 6.31. The summed E-state index contributed by atoms with van der Waals surface area (Å²) in [6, 6.07) is 6.87. The number of ether oxygens (including phenoxy) is 1. The Morgan fingerprint density at radius 3 is 2.85 bits per heavy atom. The van der Waals surface area contributed by atoms with Crippen LogP contribution >= 0.6 is 0 Å². The summed E-state index contributed by atoms with van der Waals surface area (Å²) in [6.45, 7) is 1.08. The van der Waals surface area contributed by atoms with E-state index in [4.69, 9.17) is 15.6 Å². The lowest BCUT2D eigenvalue weighted by Crippen LogP contribution is -2.16. The highest BCUT2D eigenvalue weighted by atomic mass is 16.5. The van der Waals surface area contributed by atoms with Crippen molar-refractivity contribution in [1.29, 1.82) is 0 Å². The lowest BCUT2D eigenvalue weighted by molar-refractivity contribution is -0.136. The van der Waals surface area contributed by atoms with Gasteiger partial charge in [-0.05, 0) is 36.6 Å². The zero-order valence-corrected chi connectivity index (χ0v) is 10.9. The van der Waals surface area contributed by atoms with Gasteiger partial charge >= 0.3 is 5.97 Å². The fourth-order valence-electron chi connectivity index (χ4n) is 1.88. The molecule has 0 bridgehead atoms. The second-order valence-corrected chi connectivity index (χ2v) is 4.43. The van der Waals surface area contributed by atoms with E-state index in [0.29, 0.717) is 24.4 Å². The van der Waals surface area contributed by atoms with Crippen molar-refractivity contribution in [3.05, 3.63) is 40.2 Å². The molecule has 0 saturated heterocycles. The molecule has 0 saturated carbocycles. The number of hydrogen-bond donors (Lipinski definition) is 3. The molecule has 0 fully saturated rings. The zero-order valence-electron chi connectivity index (χ0n) is 10.9. The van der Waals surface area contributed by atoms with E-state index in [1.54, 1.807) is 24.3 Å². The Morgan fingerprint density at radius 2 is 2.15 bits per heavy atom. The van der Waals surface area contributed by atoms with Gasteiger partial charge < -0.3 is 20.6 Å². The summed E-state index contributed by atoms with van der Waals surface area (Å²) in [7, 11) is 0. The highest BCUT2D eigenvalue weighted by molar-refractivity contribution is 5.81. The van der Waals surface area contributed by atoms with Gasteiger partial charge in [-0.25, -0.2) is 0 Å². The van der Waals surface area contributed by atoms with Crippen molar-refractivity contribution < 1.29 is 14.6 Å². The number of aromatic nitrogens is 1. The highest BCUT2D eigenvalue weighted by Gasteiger charge is 2.07. The summed E-state index contributed by atoms with van der Waals surface area (Å²) >= 11 is 0. The van der Waals surface area contributed by atoms with Crippen LogP contribution in [-0.4, -0.2) is 29.2 Å². The smallest absolute Gasteiger partial charge is 0.308 e. The summed E-state index contributed by atoms with van der Waals surface area (Å²) in [6.07, 6.45) is 0.464. The largest absolute Gasteiger partial charge is 0.493 e. The van der Waals surface area contributed by atoms with Crippen LogP contribution in [0.15, 0.2) is 29.1 Å². The summed E-state index contributed by atoms with van der Waals surface area (Å²) in [5.74, 6) is -0.385. The quantitative estimate of drug-likeness (QED) is 0.679. The Bertz CT molecular complexity index is 678. The third kappa shape index (κ3) is 3.36. The van der Waals surface area contributed by atoms with E-state index in [2.05, 4.69) is 4.98 Å². The lowest BCUT2D eigenvalue weighted by Gasteiger charge is -2.07. The van der Waals surface area contributed by atoms with Gasteiger partial charge in [-0.1, -0.05) is 0 Å². The van der Waals surface area contributed by atoms with E-state index in [1.165, 1.54) is 0 Å². The van der Waals surface area contributed by atoms with Crippen molar-refractivity contribution in [3.63, 3.8) is 0 Å². The minimum Gasteiger partial charge on any atom is -0.493 e. The maximum absolute atomic E-state index is 11.8. The van der Waals surface area contributed by atoms with E-state index in [9.17, 15) is 9.59 Å². The second kappa shape index (κ2) is 6.21. The summed E-state index contributed by atoms with van der Waals surface area (Å²) in [4.78, 5) is 25.1. The van der Waals surface area contributed by atoms with E-state index in [0.717, 1.165) is 11.8 Å². The molecule has 0 amide bonds. The van der Waals surface area contributed by atoms with Gasteiger partial charge in [0.15, 0.2) is 0 Å². The number of carboxylic acid groups (broad SMARTS) is 1. The Morgan fingerprint density at radius 1 is 1.35 bits per heavy atom. The molecule has 0 atom stereocenters. The van der Waals surface area contributed by atoms with Crippen LogP contribution < -0.4 is 16.0 Å². The van der Waals surface area contributed by atoms with Gasteiger partial charge in [-0.15, -0.1) is 0 Å². The number of rotatable bonds is 6. The van der Waals surface area contributed by atoms with Crippen LogP contribution in [0.25, 0.3) is 10.9 Å². The van der Waals surface area contributed by atoms with Crippen LogP contribution in [0.5, 0.6) is 5.75 Å². The first-order chi connectivity index (χ1) is 9.60. The molecule has 1 aromatic heterocycles. The highest BCUT2D eigenvalue weighted by Crippen LogP contribution is 2.19. The average Bonchev–Trinajstić information content (AvgIpc) is 2.39. The predicted octanol–water partition coefficient (Wildman–Crippen LogP) is 0.883. The number of fused-ring (bicyclic) bond motifs is 1. The van der Waals surface area contributed by atoms with Crippen LogP contribution in [-0.2, 0) is 11.2 Å². The van der Waals surface area contributed by atoms with Crippen molar-refractivity contribution in [3.8, 4) is 5.75 Å². The fraction of sp³-hybridized carbons (Fsp3) is 0.286. The molecule has 6 heteroatoms. The molecule has 6 nitrogen and oxygen atoms in total. The Hall–Kier alpha value is -2.34. The molecule has 1 heterocycles. The van der Waals surface area contributed by atoms with Crippen molar-refractivity contribution in [2.45, 2.75) is 12.8 Å². The van der Waals surface area contributed by atoms with Gasteiger partial charge in [0.25, 0.3) is 5.56 Å². The number of aromatic amines is 1. The van der Waals surface area contributed by atoms with Crippen LogP contribution in [0.1, 0.15) is 12.0 Å². The maximum Gasteiger partial charge on any atom is 0.308 e. The van der Waals surface area contributed by atoms with Crippen LogP contribution in [0.4, 0.5) is 0 Å². The number of hydrogen-bond acceptors (Lipinski definition) is 4. The molecule has 0 spiro atoms. The Balaban J connectivity index is 2.30. The fourth-order valence-corrected chi connectivity index (χ4v) is 1.88. The molecule has 106 valence electrons. The molecule has 0 aliphatic rings. The first kappa shape index (κ1) is 14.1. The van der Waals surface area contributed by atoms with E-state index >= 15 is 0 Å². The van der Waals surface area contributed by atoms with E-state index < -0.39 is 5.97 Å². The topological polar surface area (TPSA) is 105 Å². The minimum absolute atomic E-state index is 0.238. The van der Waals surface area contributed by atoms with E-state index in [-0.39, 0.29) is 17.5 Å². The number of nitrogens with two attached hydrogens (primary N) is 1. The summed E-state index contributed by atoms with van der Waals surface area (Å²) in [5.41, 5.74) is 5.85. The van der Waals surface area contributed by atoms with Gasteiger partial charge in [-0.3, -0.25) is 9.59 Å². The van der Waals surface area contributed by atoms with Crippen LogP contribution in [0, 0.1) is 0 Å². The average molecular weight is 276 g/mol. The van der Waals surface area contributed by atoms with Gasteiger partial charge in [0.2, 0.25) is 0 Å². The minimum atomic E-state index is -1.03. The molecule has 2 aromatic rings. The van der Waals surface area contributed by atoms with Gasteiger partial charge in [0, 0.05) is 11.6 Å². The van der Waals surface area contributed by atoms with Gasteiger partial charge in [0.1, 0.15) is 5.75 Å². The molecule has 1 aromatic carbocycles. The van der Waals surface area contributed by atoms with E-state index in [1.807, 2.05) is 0 Å². The van der Waals surface area contributed by atoms with Crippen molar-refractivity contribution in [1.82, 2.24) is 4.98 Å². The number of nitrogens with one attached hydrogen (secondary N) is 1. The zero-order chi connectivity index (χ0) is 14.5. The first-order valence-corrected chi connectivity index (χ1v) is 6.31. The monoisotopic (exact) mass is 276 g/mol. The number of carbonyl (C=O) groups is 1. The van der Waals surface area contributed by atoms with Crippen molar-refractivity contribution >= 4 is 16.9 Å². The third-order valence-electron chi connectivity index (χ3n) is 2.85. The Kier molecular flexibility index (Phi) is 4.37. The van der Waals surface area contributed by atoms with Gasteiger partial charge in [0.05, 0.1) is 18.5 Å². The molecular weight excluding hydrogens is 260 g/mol. The van der Waals surface area contributed by atoms with Crippen LogP contribution in [0.3, 0.4) is 0 Å². The van der Waals surface area contributed by atoms with Crippen molar-refractivity contribution in [2.75, 3.05) is 13.2 Å². The van der Waals surface area contributed by atoms with Crippen molar-refractivity contribution in [2.24, 2.45) is 5.73 Å². The lowest BCUT2D eigenvalue weighted by atomic mass is 10.1. The molecule has 0 aliphatic heterocycles. The SMILES string of the molecule is NCCCOc1ccc2cc(CC(=O)O)c(=O)[nH]c2c1. The van der Waals surface area contributed by atoms with Gasteiger partial charge in [-0.2, -0.15) is 0 Å². The normalized spacial score (nSPS) is 10.7. The molecule has 0 unspecified atom stereocenters. The molecule has 2 rings (SSSR count). The second-order valence-electron chi connectivity index (χ2n) is 4.43. The third-order valence-corrected chi connectivity index (χ3v) is 2.85. The molecule has 0 radical (unpaired) electrons. The molecular formula is C14H16N2O4. The number of benzene rings is 1. The molecule has 0 aliphatic carbocycles. The van der Waals surface area contributed by atoms with Crippen LogP contribution in [0.2, 0.25) is 0 Å².